The van der Waals surface area contributed by atoms with Crippen molar-refractivity contribution in [2.75, 3.05) is 5.75 Å². The van der Waals surface area contributed by atoms with E-state index in [0.29, 0.717) is 18.6 Å². The SMILES string of the molecule is O=C(O)[C@H]1CS[C@]2(c3ccc(F)cc3)CCC(=O)N12. The highest BCUT2D eigenvalue weighted by molar-refractivity contribution is 8.00. The van der Waals surface area contributed by atoms with E-state index in [1.54, 1.807) is 12.1 Å². The van der Waals surface area contributed by atoms with Gasteiger partial charge in [-0.3, -0.25) is 4.79 Å². The molecule has 2 atom stereocenters. The quantitative estimate of drug-likeness (QED) is 0.898. The summed E-state index contributed by atoms with van der Waals surface area (Å²) in [5, 5.41) is 9.22. The van der Waals surface area contributed by atoms with Crippen LogP contribution in [0.4, 0.5) is 4.39 Å². The molecule has 0 bridgehead atoms. The molecule has 2 aliphatic heterocycles. The number of amides is 1. The van der Waals surface area contributed by atoms with Gasteiger partial charge in [-0.15, -0.1) is 11.8 Å². The van der Waals surface area contributed by atoms with E-state index in [1.165, 1.54) is 28.8 Å². The van der Waals surface area contributed by atoms with Crippen LogP contribution in [0.2, 0.25) is 0 Å². The van der Waals surface area contributed by atoms with Crippen molar-refractivity contribution in [1.82, 2.24) is 4.90 Å². The molecular formula is C13H12FNO3S. The van der Waals surface area contributed by atoms with Crippen LogP contribution in [-0.4, -0.2) is 33.7 Å². The van der Waals surface area contributed by atoms with Crippen molar-refractivity contribution in [3.05, 3.63) is 35.6 Å². The molecule has 19 heavy (non-hydrogen) atoms. The molecule has 2 aliphatic rings. The van der Waals surface area contributed by atoms with E-state index in [0.717, 1.165) is 5.56 Å². The highest BCUT2D eigenvalue weighted by Gasteiger charge is 2.56. The van der Waals surface area contributed by atoms with E-state index < -0.39 is 16.9 Å². The smallest absolute Gasteiger partial charge is 0.327 e. The van der Waals surface area contributed by atoms with Crippen molar-refractivity contribution in [3.63, 3.8) is 0 Å². The molecule has 0 spiro atoms. The Kier molecular flexibility index (Phi) is 2.78. The molecule has 6 heteroatoms. The molecule has 2 heterocycles. The summed E-state index contributed by atoms with van der Waals surface area (Å²) in [6, 6.07) is 5.18. The fraction of sp³-hybridized carbons (Fsp3) is 0.385. The van der Waals surface area contributed by atoms with Crippen molar-refractivity contribution >= 4 is 23.6 Å². The van der Waals surface area contributed by atoms with E-state index >= 15 is 0 Å². The first-order valence-electron chi connectivity index (χ1n) is 5.99. The summed E-state index contributed by atoms with van der Waals surface area (Å²) in [6.45, 7) is 0. The number of halogens is 1. The van der Waals surface area contributed by atoms with Crippen molar-refractivity contribution in [1.29, 1.82) is 0 Å². The van der Waals surface area contributed by atoms with Crippen LogP contribution in [0.1, 0.15) is 18.4 Å². The summed E-state index contributed by atoms with van der Waals surface area (Å²) < 4.78 is 13.0. The lowest BCUT2D eigenvalue weighted by molar-refractivity contribution is -0.148. The van der Waals surface area contributed by atoms with Crippen molar-refractivity contribution in [2.45, 2.75) is 23.8 Å². The number of hydrogen-bond acceptors (Lipinski definition) is 3. The largest absolute Gasteiger partial charge is 0.480 e. The third-order valence-corrected chi connectivity index (χ3v) is 5.30. The average molecular weight is 281 g/mol. The second-order valence-electron chi connectivity index (χ2n) is 4.72. The number of nitrogens with zero attached hydrogens (tertiary/aromatic N) is 1. The molecule has 1 amide bonds. The van der Waals surface area contributed by atoms with Gasteiger partial charge in [0.2, 0.25) is 5.91 Å². The van der Waals surface area contributed by atoms with Gasteiger partial charge >= 0.3 is 5.97 Å². The Hall–Kier alpha value is -1.56. The van der Waals surface area contributed by atoms with Crippen molar-refractivity contribution in [2.24, 2.45) is 0 Å². The van der Waals surface area contributed by atoms with E-state index in [-0.39, 0.29) is 11.7 Å². The molecule has 0 radical (unpaired) electrons. The zero-order chi connectivity index (χ0) is 13.6. The summed E-state index contributed by atoms with van der Waals surface area (Å²) in [4.78, 5) is 24.1. The molecule has 1 aromatic carbocycles. The van der Waals surface area contributed by atoms with Gasteiger partial charge in [0, 0.05) is 12.2 Å². The Morgan fingerprint density at radius 2 is 2.11 bits per heavy atom. The topological polar surface area (TPSA) is 57.6 Å². The predicted octanol–water partition coefficient (Wildman–Crippen LogP) is 1.80. The molecule has 2 fully saturated rings. The lowest BCUT2D eigenvalue weighted by Gasteiger charge is -2.33. The van der Waals surface area contributed by atoms with Gasteiger partial charge in [-0.05, 0) is 24.1 Å². The minimum Gasteiger partial charge on any atom is -0.480 e. The Balaban J connectivity index is 2.05. The fourth-order valence-electron chi connectivity index (χ4n) is 2.84. The van der Waals surface area contributed by atoms with Crippen LogP contribution >= 0.6 is 11.8 Å². The van der Waals surface area contributed by atoms with E-state index in [4.69, 9.17) is 0 Å². The van der Waals surface area contributed by atoms with Crippen LogP contribution in [0.5, 0.6) is 0 Å². The van der Waals surface area contributed by atoms with Crippen LogP contribution < -0.4 is 0 Å². The van der Waals surface area contributed by atoms with E-state index in [2.05, 4.69) is 0 Å². The minimum absolute atomic E-state index is 0.137. The lowest BCUT2D eigenvalue weighted by atomic mass is 10.0. The Bertz CT molecular complexity index is 547. The van der Waals surface area contributed by atoms with Gasteiger partial charge in [-0.25, -0.2) is 9.18 Å². The number of fused-ring (bicyclic) bond motifs is 1. The van der Waals surface area contributed by atoms with E-state index in [9.17, 15) is 19.1 Å². The van der Waals surface area contributed by atoms with Crippen LogP contribution in [0, 0.1) is 5.82 Å². The first kappa shape index (κ1) is 12.5. The van der Waals surface area contributed by atoms with Gasteiger partial charge in [0.25, 0.3) is 0 Å². The zero-order valence-corrected chi connectivity index (χ0v) is 10.8. The first-order valence-corrected chi connectivity index (χ1v) is 6.98. The summed E-state index contributed by atoms with van der Waals surface area (Å²) >= 11 is 1.46. The van der Waals surface area contributed by atoms with Gasteiger partial charge in [0.15, 0.2) is 0 Å². The fourth-order valence-corrected chi connectivity index (χ4v) is 4.48. The highest BCUT2D eigenvalue weighted by atomic mass is 32.2. The number of benzene rings is 1. The number of carboxylic acids is 1. The number of rotatable bonds is 2. The third kappa shape index (κ3) is 1.74. The van der Waals surface area contributed by atoms with Crippen LogP contribution in [0.3, 0.4) is 0 Å². The first-order chi connectivity index (χ1) is 9.04. The minimum atomic E-state index is -0.980. The second-order valence-corrected chi connectivity index (χ2v) is 6.02. The zero-order valence-electron chi connectivity index (χ0n) is 10.0. The molecule has 2 saturated heterocycles. The molecule has 0 aromatic heterocycles. The van der Waals surface area contributed by atoms with Gasteiger partial charge in [-0.1, -0.05) is 12.1 Å². The van der Waals surface area contributed by atoms with Crippen LogP contribution in [-0.2, 0) is 14.5 Å². The van der Waals surface area contributed by atoms with Gasteiger partial charge < -0.3 is 10.0 Å². The number of aliphatic carboxylic acids is 1. The standard InChI is InChI=1S/C13H12FNO3S/c14-9-3-1-8(2-4-9)13-6-5-11(16)15(13)10(7-19-13)12(17)18/h1-4,10H,5-7H2,(H,17,18)/t10-,13+/m1/s1. The molecular weight excluding hydrogens is 269 g/mol. The molecule has 4 nitrogen and oxygen atoms in total. The van der Waals surface area contributed by atoms with Crippen molar-refractivity contribution < 1.29 is 19.1 Å². The normalized spacial score (nSPS) is 29.6. The van der Waals surface area contributed by atoms with Gasteiger partial charge in [-0.2, -0.15) is 0 Å². The number of carboxylic acid groups (broad SMARTS) is 1. The van der Waals surface area contributed by atoms with Crippen molar-refractivity contribution in [3.8, 4) is 0 Å². The third-order valence-electron chi connectivity index (χ3n) is 3.71. The predicted molar refractivity (Wildman–Crippen MR) is 68.0 cm³/mol. The second kappa shape index (κ2) is 4.23. The highest BCUT2D eigenvalue weighted by Crippen LogP contribution is 2.54. The van der Waals surface area contributed by atoms with Gasteiger partial charge in [0.05, 0.1) is 0 Å². The van der Waals surface area contributed by atoms with Crippen LogP contribution in [0.25, 0.3) is 0 Å². The maximum absolute atomic E-state index is 13.0. The maximum Gasteiger partial charge on any atom is 0.327 e. The molecule has 0 unspecified atom stereocenters. The molecule has 1 aromatic rings. The summed E-state index contributed by atoms with van der Waals surface area (Å²) in [7, 11) is 0. The summed E-state index contributed by atoms with van der Waals surface area (Å²) in [5.74, 6) is -1.08. The molecule has 0 aliphatic carbocycles. The number of carbonyl (C=O) groups excluding carboxylic acids is 1. The summed E-state index contributed by atoms with van der Waals surface area (Å²) in [5.41, 5.74) is 0.800. The Morgan fingerprint density at radius 3 is 2.74 bits per heavy atom. The van der Waals surface area contributed by atoms with Gasteiger partial charge in [0.1, 0.15) is 16.7 Å². The number of thioether (sulfide) groups is 1. The number of carbonyl (C=O) groups is 2. The summed E-state index contributed by atoms with van der Waals surface area (Å²) in [6.07, 6.45) is 0.917. The van der Waals surface area contributed by atoms with E-state index in [1.807, 2.05) is 0 Å². The Morgan fingerprint density at radius 1 is 1.42 bits per heavy atom. The molecule has 100 valence electrons. The molecule has 3 rings (SSSR count). The maximum atomic E-state index is 13.0. The van der Waals surface area contributed by atoms with Crippen LogP contribution in [0.15, 0.2) is 24.3 Å². The molecule has 1 N–H and O–H groups in total. The monoisotopic (exact) mass is 281 g/mol. The lowest BCUT2D eigenvalue weighted by Crippen LogP contribution is -2.45. The number of hydrogen-bond donors (Lipinski definition) is 1. The Labute approximate surface area is 113 Å². The molecule has 0 saturated carbocycles. The average Bonchev–Trinajstić information content (AvgIpc) is 2.90.